The van der Waals surface area contributed by atoms with Crippen LogP contribution >= 0.6 is 0 Å². The van der Waals surface area contributed by atoms with E-state index in [0.717, 1.165) is 48.3 Å². The Morgan fingerprint density at radius 2 is 1.76 bits per heavy atom. The summed E-state index contributed by atoms with van der Waals surface area (Å²) in [7, 11) is 3.39. The smallest absolute Gasteiger partial charge is 0.337 e. The summed E-state index contributed by atoms with van der Waals surface area (Å²) in [6.45, 7) is 5.36. The van der Waals surface area contributed by atoms with Gasteiger partial charge in [0.25, 0.3) is 11.5 Å². The van der Waals surface area contributed by atoms with Crippen LogP contribution in [0.15, 0.2) is 33.9 Å². The largest absolute Gasteiger partial charge is 0.349 e. The first-order chi connectivity index (χ1) is 15.8. The van der Waals surface area contributed by atoms with Crippen molar-refractivity contribution in [1.82, 2.24) is 39.4 Å². The molecule has 1 N–H and O–H groups in total. The van der Waals surface area contributed by atoms with E-state index in [1.807, 2.05) is 0 Å². The number of likely N-dealkylation sites (N-methyl/N-ethyl adjacent to an activating group) is 1. The molecule has 33 heavy (non-hydrogen) atoms. The van der Waals surface area contributed by atoms with Crippen molar-refractivity contribution in [3.8, 4) is 5.69 Å². The van der Waals surface area contributed by atoms with Crippen LogP contribution in [0.2, 0.25) is 0 Å². The summed E-state index contributed by atoms with van der Waals surface area (Å²) in [5.74, 6) is -1.29. The summed E-state index contributed by atoms with van der Waals surface area (Å²) in [5.41, 5.74) is -1.39. The Kier molecular flexibility index (Phi) is 6.56. The third-order valence-electron chi connectivity index (χ3n) is 5.69. The number of nitrogens with one attached hydrogen (secondary N) is 1. The topological polar surface area (TPSA) is 118 Å². The Labute approximate surface area is 188 Å². The molecule has 1 fully saturated rings. The van der Waals surface area contributed by atoms with Gasteiger partial charge < -0.3 is 15.1 Å². The number of hydrogen-bond donors (Lipinski definition) is 1. The van der Waals surface area contributed by atoms with E-state index in [-0.39, 0.29) is 17.0 Å². The number of nitrogens with zero attached hydrogens (tertiary/aromatic N) is 7. The Bertz CT molecular complexity index is 1280. The minimum Gasteiger partial charge on any atom is -0.349 e. The first-order valence-electron chi connectivity index (χ1n) is 10.7. The number of amides is 1. The van der Waals surface area contributed by atoms with Gasteiger partial charge in [-0.25, -0.2) is 18.7 Å². The molecule has 4 rings (SSSR count). The molecule has 0 atom stereocenters. The predicted octanol–water partition coefficient (Wildman–Crippen LogP) is -0.619. The van der Waals surface area contributed by atoms with E-state index in [4.69, 9.17) is 0 Å². The van der Waals surface area contributed by atoms with Crippen LogP contribution in [-0.2, 0) is 7.05 Å². The summed E-state index contributed by atoms with van der Waals surface area (Å²) in [5, 5.41) is 10.5. The van der Waals surface area contributed by atoms with Crippen molar-refractivity contribution in [1.29, 1.82) is 0 Å². The highest BCUT2D eigenvalue weighted by Gasteiger charge is 2.19. The summed E-state index contributed by atoms with van der Waals surface area (Å²) in [6.07, 6.45) is 0.766. The van der Waals surface area contributed by atoms with E-state index < -0.39 is 23.0 Å². The van der Waals surface area contributed by atoms with Gasteiger partial charge in [0.05, 0.1) is 5.69 Å². The van der Waals surface area contributed by atoms with E-state index in [0.29, 0.717) is 12.2 Å². The third-order valence-corrected chi connectivity index (χ3v) is 5.69. The van der Waals surface area contributed by atoms with Gasteiger partial charge in [-0.2, -0.15) is 0 Å². The Morgan fingerprint density at radius 3 is 2.45 bits per heavy atom. The molecule has 0 aliphatic carbocycles. The van der Waals surface area contributed by atoms with Crippen molar-refractivity contribution in [2.75, 3.05) is 46.3 Å². The van der Waals surface area contributed by atoms with Crippen LogP contribution in [-0.4, -0.2) is 86.3 Å². The summed E-state index contributed by atoms with van der Waals surface area (Å²) in [4.78, 5) is 46.6. The van der Waals surface area contributed by atoms with Gasteiger partial charge in [0.15, 0.2) is 11.2 Å². The highest BCUT2D eigenvalue weighted by atomic mass is 19.1. The van der Waals surface area contributed by atoms with Crippen LogP contribution in [0.4, 0.5) is 4.39 Å². The first-order valence-corrected chi connectivity index (χ1v) is 10.7. The van der Waals surface area contributed by atoms with Gasteiger partial charge in [0.2, 0.25) is 5.82 Å². The predicted molar refractivity (Wildman–Crippen MR) is 119 cm³/mol. The lowest BCUT2D eigenvalue weighted by Crippen LogP contribution is -2.45. The molecule has 1 saturated heterocycles. The lowest BCUT2D eigenvalue weighted by Gasteiger charge is -2.32. The minimum atomic E-state index is -0.702. The minimum absolute atomic E-state index is 0.110. The molecular formula is C21H25FN8O3. The van der Waals surface area contributed by atoms with Crippen molar-refractivity contribution in [2.24, 2.45) is 7.05 Å². The zero-order valence-electron chi connectivity index (χ0n) is 18.5. The standard InChI is InChI=1S/C21H25FN8O3/c1-27-10-12-29(13-11-27)9-3-8-23-19(31)17-24-16-18(26-25-17)30(21(33)28(2)20(16)32)15-6-4-14(22)5-7-15/h4-7H,3,8-13H2,1-2H3,(H,23,31). The van der Waals surface area contributed by atoms with Gasteiger partial charge in [0.1, 0.15) is 5.82 Å². The van der Waals surface area contributed by atoms with E-state index in [9.17, 15) is 18.8 Å². The highest BCUT2D eigenvalue weighted by molar-refractivity contribution is 5.91. The molecule has 1 aliphatic rings. The molecule has 0 spiro atoms. The number of piperazine rings is 1. The molecule has 0 unspecified atom stereocenters. The van der Waals surface area contributed by atoms with Crippen LogP contribution in [0.25, 0.3) is 16.9 Å². The number of aromatic nitrogens is 5. The van der Waals surface area contributed by atoms with Gasteiger partial charge in [-0.15, -0.1) is 10.2 Å². The quantitative estimate of drug-likeness (QED) is 0.488. The Morgan fingerprint density at radius 1 is 1.06 bits per heavy atom. The van der Waals surface area contributed by atoms with Crippen LogP contribution in [0, 0.1) is 5.82 Å². The SMILES string of the molecule is CN1CCN(CCCNC(=O)c2nnc3c(n2)c(=O)n(C)c(=O)n3-c2ccc(F)cc2)CC1. The molecule has 11 nitrogen and oxygen atoms in total. The summed E-state index contributed by atoms with van der Waals surface area (Å²) >= 11 is 0. The van der Waals surface area contributed by atoms with Crippen molar-refractivity contribution in [3.05, 3.63) is 56.7 Å². The number of hydrogen-bond acceptors (Lipinski definition) is 8. The fraction of sp³-hybridized carbons (Fsp3) is 0.429. The van der Waals surface area contributed by atoms with Crippen molar-refractivity contribution >= 4 is 17.1 Å². The van der Waals surface area contributed by atoms with E-state index in [1.54, 1.807) is 0 Å². The normalized spacial score (nSPS) is 15.1. The van der Waals surface area contributed by atoms with Crippen molar-refractivity contribution in [3.63, 3.8) is 0 Å². The molecule has 1 aromatic carbocycles. The lowest BCUT2D eigenvalue weighted by molar-refractivity contribution is 0.0938. The van der Waals surface area contributed by atoms with Gasteiger partial charge in [-0.1, -0.05) is 0 Å². The molecular weight excluding hydrogens is 431 g/mol. The highest BCUT2D eigenvalue weighted by Crippen LogP contribution is 2.11. The van der Waals surface area contributed by atoms with Gasteiger partial charge >= 0.3 is 5.69 Å². The third kappa shape index (κ3) is 4.81. The lowest BCUT2D eigenvalue weighted by atomic mass is 10.3. The maximum atomic E-state index is 13.3. The van der Waals surface area contributed by atoms with Gasteiger partial charge in [-0.05, 0) is 44.3 Å². The fourth-order valence-corrected chi connectivity index (χ4v) is 3.67. The molecule has 12 heteroatoms. The molecule has 1 aliphatic heterocycles. The maximum Gasteiger partial charge on any atom is 0.337 e. The van der Waals surface area contributed by atoms with Gasteiger partial charge in [-0.3, -0.25) is 14.2 Å². The van der Waals surface area contributed by atoms with Crippen LogP contribution in [0.3, 0.4) is 0 Å². The zero-order valence-corrected chi connectivity index (χ0v) is 18.5. The van der Waals surface area contributed by atoms with Gasteiger partial charge in [0, 0.05) is 39.8 Å². The molecule has 0 bridgehead atoms. The second kappa shape index (κ2) is 9.55. The molecule has 0 radical (unpaired) electrons. The fourth-order valence-electron chi connectivity index (χ4n) is 3.67. The van der Waals surface area contributed by atoms with Crippen molar-refractivity contribution < 1.29 is 9.18 Å². The first kappa shape index (κ1) is 22.7. The van der Waals surface area contributed by atoms with Crippen molar-refractivity contribution in [2.45, 2.75) is 6.42 Å². The average Bonchev–Trinajstić information content (AvgIpc) is 2.82. The van der Waals surface area contributed by atoms with Crippen LogP contribution in [0.1, 0.15) is 17.0 Å². The monoisotopic (exact) mass is 456 g/mol. The molecule has 2 aromatic heterocycles. The maximum absolute atomic E-state index is 13.3. The van der Waals surface area contributed by atoms with Crippen LogP contribution in [0.5, 0.6) is 0 Å². The molecule has 174 valence electrons. The number of rotatable bonds is 6. The van der Waals surface area contributed by atoms with E-state index in [2.05, 4.69) is 37.3 Å². The van der Waals surface area contributed by atoms with Crippen LogP contribution < -0.4 is 16.6 Å². The number of carbonyl (C=O) groups is 1. The molecule has 1 amide bonds. The second-order valence-electron chi connectivity index (χ2n) is 8.02. The molecule has 3 aromatic rings. The van der Waals surface area contributed by atoms with E-state index in [1.165, 1.54) is 31.3 Å². The van der Waals surface area contributed by atoms with E-state index >= 15 is 0 Å². The molecule has 0 saturated carbocycles. The molecule has 3 heterocycles. The number of benzene rings is 1. The summed E-state index contributed by atoms with van der Waals surface area (Å²) in [6, 6.07) is 5.12. The number of halogens is 1. The zero-order chi connectivity index (χ0) is 23.5. The summed E-state index contributed by atoms with van der Waals surface area (Å²) < 4.78 is 15.3. The second-order valence-corrected chi connectivity index (χ2v) is 8.02. The Balaban J connectivity index is 1.52. The average molecular weight is 456 g/mol. The number of carbonyl (C=O) groups excluding carboxylic acids is 1. The number of fused-ring (bicyclic) bond motifs is 1. The Hall–Kier alpha value is -3.51.